The molecular formula is C15H10Cl2FNO. The monoisotopic (exact) mass is 309 g/mol. The number of hydrogen-bond acceptors (Lipinski definition) is 1. The maximum atomic E-state index is 13.4. The van der Waals surface area contributed by atoms with Crippen molar-refractivity contribution < 1.29 is 9.18 Å². The van der Waals surface area contributed by atoms with Gasteiger partial charge in [0.15, 0.2) is 0 Å². The summed E-state index contributed by atoms with van der Waals surface area (Å²) in [7, 11) is 0. The van der Waals surface area contributed by atoms with E-state index in [1.54, 1.807) is 30.3 Å². The van der Waals surface area contributed by atoms with Crippen molar-refractivity contribution in [1.82, 2.24) is 0 Å². The van der Waals surface area contributed by atoms with Gasteiger partial charge in [-0.3, -0.25) is 4.79 Å². The number of benzene rings is 2. The summed E-state index contributed by atoms with van der Waals surface area (Å²) in [5, 5.41) is 3.29. The lowest BCUT2D eigenvalue weighted by Crippen LogP contribution is -2.09. The molecule has 2 aromatic carbocycles. The van der Waals surface area contributed by atoms with Crippen LogP contribution in [0.5, 0.6) is 0 Å². The molecule has 0 saturated carbocycles. The van der Waals surface area contributed by atoms with Crippen LogP contribution in [0.4, 0.5) is 10.1 Å². The van der Waals surface area contributed by atoms with Gasteiger partial charge in [-0.15, -0.1) is 0 Å². The Hall–Kier alpha value is -1.84. The van der Waals surface area contributed by atoms with Gasteiger partial charge >= 0.3 is 0 Å². The molecule has 0 bridgehead atoms. The summed E-state index contributed by atoms with van der Waals surface area (Å²) in [6.07, 6.45) is 2.83. The first kappa shape index (κ1) is 14.6. The number of amides is 1. The molecule has 1 N–H and O–H groups in total. The summed E-state index contributed by atoms with van der Waals surface area (Å²) < 4.78 is 13.4. The number of rotatable bonds is 3. The number of carbonyl (C=O) groups excluding carboxylic acids is 1. The minimum Gasteiger partial charge on any atom is -0.320 e. The minimum absolute atomic E-state index is 0.0336. The second-order valence-electron chi connectivity index (χ2n) is 3.97. The Morgan fingerprint density at radius 1 is 1.15 bits per heavy atom. The largest absolute Gasteiger partial charge is 0.320 e. The average molecular weight is 310 g/mol. The number of anilines is 1. The first-order valence-corrected chi connectivity index (χ1v) is 6.50. The van der Waals surface area contributed by atoms with Crippen molar-refractivity contribution in [2.24, 2.45) is 0 Å². The molecule has 0 fully saturated rings. The molecule has 0 radical (unpaired) electrons. The van der Waals surface area contributed by atoms with Crippen molar-refractivity contribution in [2.75, 3.05) is 5.32 Å². The van der Waals surface area contributed by atoms with E-state index in [1.165, 1.54) is 24.3 Å². The zero-order valence-corrected chi connectivity index (χ0v) is 11.8. The molecule has 0 saturated heterocycles. The van der Waals surface area contributed by atoms with E-state index in [2.05, 4.69) is 5.32 Å². The van der Waals surface area contributed by atoms with E-state index in [-0.39, 0.29) is 5.69 Å². The summed E-state index contributed by atoms with van der Waals surface area (Å²) in [5.74, 6) is -1.01. The summed E-state index contributed by atoms with van der Waals surface area (Å²) >= 11 is 11.7. The highest BCUT2D eigenvalue weighted by molar-refractivity contribution is 6.32. The van der Waals surface area contributed by atoms with Crippen LogP contribution in [0.25, 0.3) is 6.08 Å². The molecule has 102 valence electrons. The van der Waals surface area contributed by atoms with E-state index in [9.17, 15) is 9.18 Å². The normalized spacial score (nSPS) is 10.8. The van der Waals surface area contributed by atoms with Gasteiger partial charge in [-0.05, 0) is 35.9 Å². The van der Waals surface area contributed by atoms with Crippen LogP contribution < -0.4 is 5.32 Å². The standard InChI is InChI=1S/C15H10Cl2FNO/c16-11-6-7-13(18)14(9-11)19-15(20)8-5-10-3-1-2-4-12(10)17/h1-9H,(H,19,20)/b8-5+. The zero-order valence-electron chi connectivity index (χ0n) is 10.2. The third-order valence-electron chi connectivity index (χ3n) is 2.51. The summed E-state index contributed by atoms with van der Waals surface area (Å²) in [4.78, 5) is 11.7. The van der Waals surface area contributed by atoms with Crippen LogP contribution in [-0.4, -0.2) is 5.91 Å². The molecule has 2 aromatic rings. The molecule has 0 aliphatic rings. The Kier molecular flexibility index (Phi) is 4.77. The van der Waals surface area contributed by atoms with Crippen molar-refractivity contribution in [3.8, 4) is 0 Å². The van der Waals surface area contributed by atoms with Gasteiger partial charge in [-0.2, -0.15) is 0 Å². The molecule has 0 unspecified atom stereocenters. The Morgan fingerprint density at radius 3 is 2.65 bits per heavy atom. The van der Waals surface area contributed by atoms with Crippen LogP contribution in [0.1, 0.15) is 5.56 Å². The molecule has 0 aliphatic carbocycles. The third-order valence-corrected chi connectivity index (χ3v) is 3.09. The van der Waals surface area contributed by atoms with Crippen molar-refractivity contribution in [3.05, 3.63) is 70.0 Å². The van der Waals surface area contributed by atoms with Crippen molar-refractivity contribution in [3.63, 3.8) is 0 Å². The second kappa shape index (κ2) is 6.55. The van der Waals surface area contributed by atoms with E-state index >= 15 is 0 Å². The fraction of sp³-hybridized carbons (Fsp3) is 0. The first-order valence-electron chi connectivity index (χ1n) is 5.75. The maximum absolute atomic E-state index is 13.4. The summed E-state index contributed by atoms with van der Waals surface area (Å²) in [5.41, 5.74) is 0.738. The molecule has 1 amide bonds. The first-order chi connectivity index (χ1) is 9.56. The van der Waals surface area contributed by atoms with Gasteiger partial charge < -0.3 is 5.32 Å². The summed E-state index contributed by atoms with van der Waals surface area (Å²) in [6, 6.07) is 11.0. The van der Waals surface area contributed by atoms with E-state index < -0.39 is 11.7 Å². The fourth-order valence-electron chi connectivity index (χ4n) is 1.54. The van der Waals surface area contributed by atoms with E-state index in [1.807, 2.05) is 0 Å². The number of carbonyl (C=O) groups is 1. The maximum Gasteiger partial charge on any atom is 0.248 e. The molecule has 20 heavy (non-hydrogen) atoms. The molecule has 0 atom stereocenters. The van der Waals surface area contributed by atoms with Crippen molar-refractivity contribution >= 4 is 40.9 Å². The highest BCUT2D eigenvalue weighted by Gasteiger charge is 2.05. The molecule has 0 spiro atoms. The average Bonchev–Trinajstić information content (AvgIpc) is 2.42. The van der Waals surface area contributed by atoms with Gasteiger partial charge in [0.1, 0.15) is 5.82 Å². The predicted octanol–water partition coefficient (Wildman–Crippen LogP) is 4.78. The van der Waals surface area contributed by atoms with Gasteiger partial charge in [-0.25, -0.2) is 4.39 Å². The van der Waals surface area contributed by atoms with Crippen LogP contribution in [0.2, 0.25) is 10.0 Å². The van der Waals surface area contributed by atoms with Crippen LogP contribution >= 0.6 is 23.2 Å². The van der Waals surface area contributed by atoms with E-state index in [4.69, 9.17) is 23.2 Å². The molecule has 0 heterocycles. The van der Waals surface area contributed by atoms with Gasteiger partial charge in [-0.1, -0.05) is 41.4 Å². The second-order valence-corrected chi connectivity index (χ2v) is 4.81. The quantitative estimate of drug-likeness (QED) is 0.812. The summed E-state index contributed by atoms with van der Waals surface area (Å²) in [6.45, 7) is 0. The van der Waals surface area contributed by atoms with Crippen LogP contribution in [0.15, 0.2) is 48.5 Å². The lowest BCUT2D eigenvalue weighted by molar-refractivity contribution is -0.111. The molecular weight excluding hydrogens is 300 g/mol. The zero-order chi connectivity index (χ0) is 14.5. The molecule has 2 nitrogen and oxygen atoms in total. The highest BCUT2D eigenvalue weighted by atomic mass is 35.5. The molecule has 5 heteroatoms. The van der Waals surface area contributed by atoms with Crippen LogP contribution in [-0.2, 0) is 4.79 Å². The highest BCUT2D eigenvalue weighted by Crippen LogP contribution is 2.20. The Morgan fingerprint density at radius 2 is 1.90 bits per heavy atom. The SMILES string of the molecule is O=C(/C=C/c1ccccc1Cl)Nc1cc(Cl)ccc1F. The van der Waals surface area contributed by atoms with E-state index in [0.717, 1.165) is 0 Å². The smallest absolute Gasteiger partial charge is 0.248 e. The number of halogens is 3. The van der Waals surface area contributed by atoms with Gasteiger partial charge in [0.2, 0.25) is 5.91 Å². The Balaban J connectivity index is 2.10. The van der Waals surface area contributed by atoms with Gasteiger partial charge in [0.25, 0.3) is 0 Å². The predicted molar refractivity (Wildman–Crippen MR) is 80.5 cm³/mol. The number of nitrogens with one attached hydrogen (secondary N) is 1. The number of hydrogen-bond donors (Lipinski definition) is 1. The van der Waals surface area contributed by atoms with Crippen LogP contribution in [0, 0.1) is 5.82 Å². The van der Waals surface area contributed by atoms with Crippen molar-refractivity contribution in [2.45, 2.75) is 0 Å². The fourth-order valence-corrected chi connectivity index (χ4v) is 1.91. The minimum atomic E-state index is -0.547. The lowest BCUT2D eigenvalue weighted by Gasteiger charge is -2.04. The Labute approximate surface area is 125 Å². The molecule has 0 aliphatic heterocycles. The third kappa shape index (κ3) is 3.83. The van der Waals surface area contributed by atoms with Gasteiger partial charge in [0.05, 0.1) is 5.69 Å². The molecule has 2 rings (SSSR count). The van der Waals surface area contributed by atoms with E-state index in [0.29, 0.717) is 15.6 Å². The topological polar surface area (TPSA) is 29.1 Å². The van der Waals surface area contributed by atoms with Crippen LogP contribution in [0.3, 0.4) is 0 Å². The Bertz CT molecular complexity index is 671. The van der Waals surface area contributed by atoms with Crippen molar-refractivity contribution in [1.29, 1.82) is 0 Å². The lowest BCUT2D eigenvalue weighted by atomic mass is 10.2. The molecule has 0 aromatic heterocycles. The van der Waals surface area contributed by atoms with Gasteiger partial charge in [0, 0.05) is 16.1 Å².